The fraction of sp³-hybridized carbons (Fsp3) is 0.294. The Morgan fingerprint density at radius 2 is 1.90 bits per heavy atom. The van der Waals surface area contributed by atoms with Crippen molar-refractivity contribution in [1.82, 2.24) is 0 Å². The number of para-hydroxylation sites is 1. The average Bonchev–Trinajstić information content (AvgIpc) is 2.52. The first-order chi connectivity index (χ1) is 9.78. The lowest BCUT2D eigenvalue weighted by molar-refractivity contribution is 0.117. The van der Waals surface area contributed by atoms with Crippen LogP contribution in [0.3, 0.4) is 0 Å². The number of aliphatic hydroxyl groups excluding tert-OH is 1. The van der Waals surface area contributed by atoms with Crippen molar-refractivity contribution in [1.29, 1.82) is 0 Å². The van der Waals surface area contributed by atoms with Gasteiger partial charge in [0, 0.05) is 12.2 Å². The summed E-state index contributed by atoms with van der Waals surface area (Å²) in [5.41, 5.74) is 2.31. The molecule has 2 rings (SSSR count). The minimum absolute atomic E-state index is 0.282. The van der Waals surface area contributed by atoms with Crippen LogP contribution in [0.2, 0.25) is 0 Å². The molecule has 106 valence electrons. The summed E-state index contributed by atoms with van der Waals surface area (Å²) in [6.45, 7) is 2.88. The van der Waals surface area contributed by atoms with Crippen molar-refractivity contribution < 1.29 is 9.84 Å². The van der Waals surface area contributed by atoms with E-state index >= 15 is 0 Å². The maximum atomic E-state index is 9.91. The van der Waals surface area contributed by atoms with Crippen molar-refractivity contribution >= 4 is 5.69 Å². The second kappa shape index (κ2) is 7.56. The fourth-order valence-corrected chi connectivity index (χ4v) is 1.90. The normalized spacial score (nSPS) is 11.9. The highest BCUT2D eigenvalue weighted by Gasteiger charge is 2.05. The molecule has 20 heavy (non-hydrogen) atoms. The number of anilines is 1. The molecule has 0 amide bonds. The summed E-state index contributed by atoms with van der Waals surface area (Å²) in [7, 11) is 0. The third-order valence-electron chi connectivity index (χ3n) is 3.06. The SMILES string of the molecule is CCc1cccc(NCC(O)COc2ccccc2)c1. The van der Waals surface area contributed by atoms with E-state index in [1.807, 2.05) is 42.5 Å². The molecule has 0 bridgehead atoms. The second-order valence-corrected chi connectivity index (χ2v) is 4.71. The van der Waals surface area contributed by atoms with Gasteiger partial charge in [-0.2, -0.15) is 0 Å². The first kappa shape index (κ1) is 14.4. The Bertz CT molecular complexity index is 513. The van der Waals surface area contributed by atoms with Gasteiger partial charge in [0.2, 0.25) is 0 Å². The zero-order valence-corrected chi connectivity index (χ0v) is 11.8. The molecule has 0 spiro atoms. The standard InChI is InChI=1S/C17H21NO2/c1-2-14-7-6-8-15(11-14)18-12-16(19)13-20-17-9-4-3-5-10-17/h3-11,16,18-19H,2,12-13H2,1H3. The zero-order chi connectivity index (χ0) is 14.2. The Kier molecular flexibility index (Phi) is 5.44. The van der Waals surface area contributed by atoms with Crippen LogP contribution < -0.4 is 10.1 Å². The lowest BCUT2D eigenvalue weighted by Gasteiger charge is -2.14. The topological polar surface area (TPSA) is 41.5 Å². The summed E-state index contributed by atoms with van der Waals surface area (Å²) in [6, 6.07) is 17.7. The fourth-order valence-electron chi connectivity index (χ4n) is 1.90. The number of rotatable bonds is 7. The Hall–Kier alpha value is -2.00. The molecule has 0 radical (unpaired) electrons. The van der Waals surface area contributed by atoms with Crippen molar-refractivity contribution in [3.05, 3.63) is 60.2 Å². The van der Waals surface area contributed by atoms with Gasteiger partial charge in [0.05, 0.1) is 0 Å². The Morgan fingerprint density at radius 1 is 1.10 bits per heavy atom. The van der Waals surface area contributed by atoms with Crippen LogP contribution in [-0.4, -0.2) is 24.4 Å². The molecule has 0 saturated carbocycles. The van der Waals surface area contributed by atoms with E-state index in [1.165, 1.54) is 5.56 Å². The maximum Gasteiger partial charge on any atom is 0.119 e. The highest BCUT2D eigenvalue weighted by Crippen LogP contribution is 2.12. The highest BCUT2D eigenvalue weighted by molar-refractivity contribution is 5.45. The Balaban J connectivity index is 1.75. The summed E-state index contributed by atoms with van der Waals surface area (Å²) in [5, 5.41) is 13.1. The number of ether oxygens (including phenoxy) is 1. The van der Waals surface area contributed by atoms with Gasteiger partial charge >= 0.3 is 0 Å². The number of aliphatic hydroxyl groups is 1. The van der Waals surface area contributed by atoms with Crippen LogP contribution in [0.4, 0.5) is 5.69 Å². The van der Waals surface area contributed by atoms with Gasteiger partial charge in [0.25, 0.3) is 0 Å². The average molecular weight is 271 g/mol. The molecule has 1 unspecified atom stereocenters. The van der Waals surface area contributed by atoms with E-state index in [0.717, 1.165) is 17.9 Å². The number of aryl methyl sites for hydroxylation is 1. The van der Waals surface area contributed by atoms with Crippen LogP contribution in [0.25, 0.3) is 0 Å². The third-order valence-corrected chi connectivity index (χ3v) is 3.06. The summed E-state index contributed by atoms with van der Waals surface area (Å²) < 4.78 is 5.51. The Labute approximate surface area is 120 Å². The molecule has 0 saturated heterocycles. The van der Waals surface area contributed by atoms with E-state index in [9.17, 15) is 5.11 Å². The van der Waals surface area contributed by atoms with Gasteiger partial charge in [-0.25, -0.2) is 0 Å². The van der Waals surface area contributed by atoms with Gasteiger partial charge in [-0.05, 0) is 36.2 Å². The van der Waals surface area contributed by atoms with Crippen LogP contribution in [0.1, 0.15) is 12.5 Å². The van der Waals surface area contributed by atoms with Crippen molar-refractivity contribution in [2.24, 2.45) is 0 Å². The summed E-state index contributed by atoms with van der Waals surface area (Å²) in [6.07, 6.45) is 0.468. The number of hydrogen-bond donors (Lipinski definition) is 2. The van der Waals surface area contributed by atoms with Gasteiger partial charge in [0.15, 0.2) is 0 Å². The third kappa shape index (κ3) is 4.59. The van der Waals surface area contributed by atoms with E-state index in [1.54, 1.807) is 0 Å². The molecule has 0 heterocycles. The van der Waals surface area contributed by atoms with Crippen molar-refractivity contribution in [3.63, 3.8) is 0 Å². The van der Waals surface area contributed by atoms with Gasteiger partial charge in [-0.3, -0.25) is 0 Å². The quantitative estimate of drug-likeness (QED) is 0.813. The lowest BCUT2D eigenvalue weighted by Crippen LogP contribution is -2.26. The predicted octanol–water partition coefficient (Wildman–Crippen LogP) is 3.10. The van der Waals surface area contributed by atoms with E-state index < -0.39 is 6.10 Å². The molecule has 3 heteroatoms. The van der Waals surface area contributed by atoms with E-state index in [2.05, 4.69) is 24.4 Å². The van der Waals surface area contributed by atoms with Crippen LogP contribution in [0, 0.1) is 0 Å². The molecule has 0 fully saturated rings. The molecule has 0 aliphatic heterocycles. The number of hydrogen-bond acceptors (Lipinski definition) is 3. The van der Waals surface area contributed by atoms with Gasteiger partial charge < -0.3 is 15.2 Å². The van der Waals surface area contributed by atoms with Crippen LogP contribution in [-0.2, 0) is 6.42 Å². The van der Waals surface area contributed by atoms with E-state index in [4.69, 9.17) is 4.74 Å². The Morgan fingerprint density at radius 3 is 2.65 bits per heavy atom. The first-order valence-corrected chi connectivity index (χ1v) is 6.96. The second-order valence-electron chi connectivity index (χ2n) is 4.71. The monoisotopic (exact) mass is 271 g/mol. The minimum atomic E-state index is -0.541. The van der Waals surface area contributed by atoms with Gasteiger partial charge in [0.1, 0.15) is 18.5 Å². The molecule has 2 aromatic carbocycles. The zero-order valence-electron chi connectivity index (χ0n) is 11.8. The smallest absolute Gasteiger partial charge is 0.119 e. The summed E-state index contributed by atoms with van der Waals surface area (Å²) in [5.74, 6) is 0.777. The molecule has 0 aliphatic carbocycles. The molecule has 2 aromatic rings. The van der Waals surface area contributed by atoms with Crippen LogP contribution in [0.5, 0.6) is 5.75 Å². The summed E-state index contributed by atoms with van der Waals surface area (Å²) >= 11 is 0. The molecule has 1 atom stereocenters. The predicted molar refractivity (Wildman–Crippen MR) is 82.3 cm³/mol. The van der Waals surface area contributed by atoms with Crippen LogP contribution in [0.15, 0.2) is 54.6 Å². The van der Waals surface area contributed by atoms with Gasteiger partial charge in [-0.15, -0.1) is 0 Å². The largest absolute Gasteiger partial charge is 0.491 e. The molecule has 2 N–H and O–H groups in total. The molecule has 0 aliphatic rings. The molecule has 0 aromatic heterocycles. The van der Waals surface area contributed by atoms with Crippen LogP contribution >= 0.6 is 0 Å². The molecular weight excluding hydrogens is 250 g/mol. The summed E-state index contributed by atoms with van der Waals surface area (Å²) in [4.78, 5) is 0. The number of nitrogens with one attached hydrogen (secondary N) is 1. The number of benzene rings is 2. The van der Waals surface area contributed by atoms with E-state index in [0.29, 0.717) is 6.54 Å². The highest BCUT2D eigenvalue weighted by atomic mass is 16.5. The van der Waals surface area contributed by atoms with Crippen molar-refractivity contribution in [3.8, 4) is 5.75 Å². The van der Waals surface area contributed by atoms with Crippen molar-refractivity contribution in [2.45, 2.75) is 19.4 Å². The minimum Gasteiger partial charge on any atom is -0.491 e. The first-order valence-electron chi connectivity index (χ1n) is 6.96. The molecular formula is C17H21NO2. The molecule has 3 nitrogen and oxygen atoms in total. The lowest BCUT2D eigenvalue weighted by atomic mass is 10.1. The van der Waals surface area contributed by atoms with Crippen molar-refractivity contribution in [2.75, 3.05) is 18.5 Å². The van der Waals surface area contributed by atoms with E-state index in [-0.39, 0.29) is 6.61 Å². The van der Waals surface area contributed by atoms with Gasteiger partial charge in [-0.1, -0.05) is 37.3 Å². The maximum absolute atomic E-state index is 9.91.